The summed E-state index contributed by atoms with van der Waals surface area (Å²) in [6.45, 7) is 3.28. The van der Waals surface area contributed by atoms with E-state index in [1.165, 1.54) is 19.1 Å². The molecule has 0 aliphatic carbocycles. The Hall–Kier alpha value is -4.40. The SMILES string of the molecule is Cc1ccc(NC(=O)c2ccc(C)c(C(F)(F)F)c2)cc1-n1cnc(-c2cnc3[nH]ccc3c2)c1. The van der Waals surface area contributed by atoms with Crippen LogP contribution in [0.2, 0.25) is 0 Å². The number of pyridine rings is 1. The van der Waals surface area contributed by atoms with Crippen LogP contribution in [0.5, 0.6) is 0 Å². The number of fused-ring (bicyclic) bond motifs is 1. The normalized spacial score (nSPS) is 11.7. The Kier molecular flexibility index (Phi) is 5.39. The van der Waals surface area contributed by atoms with Crippen molar-refractivity contribution < 1.29 is 18.0 Å². The van der Waals surface area contributed by atoms with Crippen LogP contribution in [0.4, 0.5) is 18.9 Å². The number of halogens is 3. The van der Waals surface area contributed by atoms with Gasteiger partial charge in [-0.25, -0.2) is 9.97 Å². The van der Waals surface area contributed by atoms with E-state index in [4.69, 9.17) is 0 Å². The molecule has 3 heterocycles. The summed E-state index contributed by atoms with van der Waals surface area (Å²) >= 11 is 0. The second kappa shape index (κ2) is 8.43. The van der Waals surface area contributed by atoms with Crippen molar-refractivity contribution in [1.29, 1.82) is 0 Å². The van der Waals surface area contributed by atoms with Gasteiger partial charge in [0.25, 0.3) is 5.91 Å². The first-order valence-electron chi connectivity index (χ1n) is 10.8. The van der Waals surface area contributed by atoms with E-state index in [2.05, 4.69) is 20.3 Å². The van der Waals surface area contributed by atoms with Crippen LogP contribution in [0, 0.1) is 13.8 Å². The fourth-order valence-electron chi connectivity index (χ4n) is 3.92. The monoisotopic (exact) mass is 475 g/mol. The van der Waals surface area contributed by atoms with Crippen molar-refractivity contribution in [3.8, 4) is 16.9 Å². The number of alkyl halides is 3. The van der Waals surface area contributed by atoms with Gasteiger partial charge in [0.2, 0.25) is 0 Å². The lowest BCUT2D eigenvalue weighted by Crippen LogP contribution is -2.15. The minimum Gasteiger partial charge on any atom is -0.346 e. The molecule has 6 nitrogen and oxygen atoms in total. The maximum Gasteiger partial charge on any atom is 0.416 e. The molecule has 0 saturated heterocycles. The van der Waals surface area contributed by atoms with Crippen LogP contribution in [0.3, 0.4) is 0 Å². The molecule has 5 rings (SSSR count). The first-order valence-corrected chi connectivity index (χ1v) is 10.8. The molecule has 0 spiro atoms. The average Bonchev–Trinajstić information content (AvgIpc) is 3.49. The number of aromatic amines is 1. The molecule has 0 aliphatic rings. The lowest BCUT2D eigenvalue weighted by molar-refractivity contribution is -0.138. The van der Waals surface area contributed by atoms with Crippen molar-refractivity contribution in [2.75, 3.05) is 5.32 Å². The van der Waals surface area contributed by atoms with Gasteiger partial charge >= 0.3 is 6.18 Å². The number of aryl methyl sites for hydroxylation is 2. The molecular formula is C26H20F3N5O. The number of anilines is 1. The molecule has 0 aliphatic heterocycles. The van der Waals surface area contributed by atoms with Crippen molar-refractivity contribution in [2.24, 2.45) is 0 Å². The van der Waals surface area contributed by atoms with Crippen LogP contribution in [0.25, 0.3) is 28.0 Å². The number of carbonyl (C=O) groups excluding carboxylic acids is 1. The quantitative estimate of drug-likeness (QED) is 0.320. The van der Waals surface area contributed by atoms with Crippen molar-refractivity contribution in [2.45, 2.75) is 20.0 Å². The van der Waals surface area contributed by atoms with Gasteiger partial charge in [-0.1, -0.05) is 12.1 Å². The van der Waals surface area contributed by atoms with Crippen LogP contribution in [-0.4, -0.2) is 25.4 Å². The molecule has 2 aromatic carbocycles. The summed E-state index contributed by atoms with van der Waals surface area (Å²) in [6.07, 6.45) is 2.56. The molecule has 0 atom stereocenters. The Bertz CT molecular complexity index is 1570. The van der Waals surface area contributed by atoms with Crippen LogP contribution < -0.4 is 5.32 Å². The number of imidazole rings is 1. The highest BCUT2D eigenvalue weighted by Crippen LogP contribution is 2.32. The third kappa shape index (κ3) is 4.40. The van der Waals surface area contributed by atoms with Gasteiger partial charge < -0.3 is 14.9 Å². The van der Waals surface area contributed by atoms with E-state index in [-0.39, 0.29) is 11.1 Å². The predicted octanol–water partition coefficient (Wildman–Crippen LogP) is 6.30. The third-order valence-electron chi connectivity index (χ3n) is 5.83. The summed E-state index contributed by atoms with van der Waals surface area (Å²) in [5.74, 6) is -0.623. The van der Waals surface area contributed by atoms with Crippen LogP contribution in [-0.2, 0) is 6.18 Å². The number of nitrogens with zero attached hydrogens (tertiary/aromatic N) is 3. The molecule has 0 unspecified atom stereocenters. The molecule has 35 heavy (non-hydrogen) atoms. The van der Waals surface area contributed by atoms with Gasteiger partial charge in [-0.15, -0.1) is 0 Å². The van der Waals surface area contributed by atoms with Gasteiger partial charge in [0.15, 0.2) is 0 Å². The standard InChI is InChI=1S/C26H20F3N5O/c1-15-3-5-18(10-21(15)26(27,28)29)25(35)33-20-6-4-16(2)23(11-20)34-13-22(32-14-34)19-9-17-7-8-30-24(17)31-12-19/h3-14H,1-2H3,(H,30,31)(H,33,35). The predicted molar refractivity (Wildman–Crippen MR) is 128 cm³/mol. The van der Waals surface area contributed by atoms with Crippen LogP contribution >= 0.6 is 0 Å². The number of rotatable bonds is 4. The molecule has 0 fully saturated rings. The minimum absolute atomic E-state index is 0.0634. The molecule has 2 N–H and O–H groups in total. The van der Waals surface area contributed by atoms with Gasteiger partial charge in [-0.05, 0) is 61.4 Å². The Morgan fingerprint density at radius 2 is 1.80 bits per heavy atom. The second-order valence-electron chi connectivity index (χ2n) is 8.29. The third-order valence-corrected chi connectivity index (χ3v) is 5.83. The summed E-state index contributed by atoms with van der Waals surface area (Å²) < 4.78 is 41.6. The molecule has 176 valence electrons. The minimum atomic E-state index is -4.53. The molecule has 9 heteroatoms. The zero-order valence-corrected chi connectivity index (χ0v) is 18.8. The largest absolute Gasteiger partial charge is 0.416 e. The van der Waals surface area contributed by atoms with E-state index in [0.717, 1.165) is 39.6 Å². The van der Waals surface area contributed by atoms with E-state index in [9.17, 15) is 18.0 Å². The number of amides is 1. The molecular weight excluding hydrogens is 455 g/mol. The molecule has 0 saturated carbocycles. The van der Waals surface area contributed by atoms with Gasteiger partial charge in [-0.2, -0.15) is 13.2 Å². The van der Waals surface area contributed by atoms with Crippen LogP contribution in [0.1, 0.15) is 27.0 Å². The maximum absolute atomic E-state index is 13.2. The zero-order chi connectivity index (χ0) is 24.7. The summed E-state index contributed by atoms with van der Waals surface area (Å²) in [4.78, 5) is 24.7. The van der Waals surface area contributed by atoms with Gasteiger partial charge in [-0.3, -0.25) is 4.79 Å². The van der Waals surface area contributed by atoms with Gasteiger partial charge in [0.1, 0.15) is 5.65 Å². The summed E-state index contributed by atoms with van der Waals surface area (Å²) in [6, 6.07) is 12.8. The molecule has 1 amide bonds. The Labute approximate surface area is 198 Å². The summed E-state index contributed by atoms with van der Waals surface area (Å²) in [5, 5.41) is 3.67. The number of aromatic nitrogens is 4. The highest BCUT2D eigenvalue weighted by molar-refractivity contribution is 6.04. The Balaban J connectivity index is 1.41. The smallest absolute Gasteiger partial charge is 0.346 e. The zero-order valence-electron chi connectivity index (χ0n) is 18.8. The number of hydrogen-bond acceptors (Lipinski definition) is 3. The van der Waals surface area contributed by atoms with E-state index < -0.39 is 17.6 Å². The fourth-order valence-corrected chi connectivity index (χ4v) is 3.92. The van der Waals surface area contributed by atoms with E-state index in [0.29, 0.717) is 5.69 Å². The highest BCUT2D eigenvalue weighted by Gasteiger charge is 2.33. The van der Waals surface area contributed by atoms with E-state index in [1.807, 2.05) is 42.1 Å². The Morgan fingerprint density at radius 1 is 1.00 bits per heavy atom. The summed E-state index contributed by atoms with van der Waals surface area (Å²) in [7, 11) is 0. The van der Waals surface area contributed by atoms with Crippen molar-refractivity contribution in [3.63, 3.8) is 0 Å². The highest BCUT2D eigenvalue weighted by atomic mass is 19.4. The van der Waals surface area contributed by atoms with Crippen molar-refractivity contribution in [3.05, 3.63) is 95.7 Å². The fraction of sp³-hybridized carbons (Fsp3) is 0.115. The maximum atomic E-state index is 13.2. The average molecular weight is 475 g/mol. The van der Waals surface area contributed by atoms with Crippen LogP contribution in [0.15, 0.2) is 73.4 Å². The lowest BCUT2D eigenvalue weighted by atomic mass is 10.0. The molecule has 0 bridgehead atoms. The van der Waals surface area contributed by atoms with Crippen molar-refractivity contribution in [1.82, 2.24) is 19.5 Å². The first-order chi connectivity index (χ1) is 16.7. The number of carbonyl (C=O) groups is 1. The molecule has 0 radical (unpaired) electrons. The second-order valence-corrected chi connectivity index (χ2v) is 8.29. The lowest BCUT2D eigenvalue weighted by Gasteiger charge is -2.13. The van der Waals surface area contributed by atoms with Gasteiger partial charge in [0.05, 0.1) is 23.3 Å². The molecule has 5 aromatic rings. The van der Waals surface area contributed by atoms with Crippen molar-refractivity contribution >= 4 is 22.6 Å². The number of H-pyrrole nitrogens is 1. The molecule has 3 aromatic heterocycles. The number of benzene rings is 2. The Morgan fingerprint density at radius 3 is 2.60 bits per heavy atom. The first kappa shape index (κ1) is 22.4. The van der Waals surface area contributed by atoms with E-state index in [1.54, 1.807) is 24.7 Å². The van der Waals surface area contributed by atoms with Gasteiger partial charge in [0, 0.05) is 40.8 Å². The van der Waals surface area contributed by atoms with E-state index >= 15 is 0 Å². The topological polar surface area (TPSA) is 75.6 Å². The summed E-state index contributed by atoms with van der Waals surface area (Å²) in [5.41, 5.74) is 3.72. The number of nitrogens with one attached hydrogen (secondary N) is 2. The number of hydrogen-bond donors (Lipinski definition) is 2.